The first-order valence-electron chi connectivity index (χ1n) is 18.6. The molecule has 3 aromatic carbocycles. The number of fused-ring (bicyclic) bond motifs is 1. The van der Waals surface area contributed by atoms with Crippen molar-refractivity contribution in [2.45, 2.75) is 49.3 Å². The molecule has 0 radical (unpaired) electrons. The number of imidazole rings is 1. The molecule has 0 bridgehead atoms. The Kier molecular flexibility index (Phi) is 11.3. The number of ether oxygens (including phenoxy) is 3. The fraction of sp³-hybridized carbons (Fsp3) is 0.375. The number of carbonyl (C=O) groups is 1. The van der Waals surface area contributed by atoms with Gasteiger partial charge in [0.25, 0.3) is 11.5 Å². The molecule has 2 aliphatic rings. The van der Waals surface area contributed by atoms with E-state index in [1.165, 1.54) is 19.2 Å². The van der Waals surface area contributed by atoms with E-state index in [9.17, 15) is 27.9 Å². The number of amides is 1. The van der Waals surface area contributed by atoms with Crippen molar-refractivity contribution in [3.63, 3.8) is 0 Å². The van der Waals surface area contributed by atoms with Crippen molar-refractivity contribution in [3.8, 4) is 11.4 Å². The van der Waals surface area contributed by atoms with E-state index < -0.39 is 28.8 Å². The summed E-state index contributed by atoms with van der Waals surface area (Å²) in [5.41, 5.74) is 3.03. The number of aromatic amines is 1. The minimum absolute atomic E-state index is 0.0287. The number of aromatic nitrogens is 4. The van der Waals surface area contributed by atoms with Gasteiger partial charge in [-0.3, -0.25) is 18.8 Å². The van der Waals surface area contributed by atoms with Gasteiger partial charge in [0, 0.05) is 62.9 Å². The van der Waals surface area contributed by atoms with E-state index in [2.05, 4.69) is 4.98 Å². The zero-order valence-corrected chi connectivity index (χ0v) is 32.4. The first-order valence-corrected chi connectivity index (χ1v) is 20.0. The molecular weight excluding hydrogens is 741 g/mol. The molecule has 4 heterocycles. The standard InChI is InChI=1S/C40H46N6O9S/c1-27-37(39(49)46(42(27)2)30-9-5-4-6-10-30)28-25-35(38(48)43-19-17-29(18-20-43)45-34-12-8-7-11-33(34)41-40(45)50)55-36(26-28)54-24-22-44(21-23-47)56(51,52)32-15-13-31(53-3)14-16-32/h4-16,25,28-29,36,47H,17-24,26H2,1-3H3,(H,41,50). The van der Waals surface area contributed by atoms with E-state index in [1.807, 2.05) is 61.5 Å². The lowest BCUT2D eigenvalue weighted by molar-refractivity contribution is -0.153. The van der Waals surface area contributed by atoms with Crippen molar-refractivity contribution in [3.05, 3.63) is 123 Å². The Balaban J connectivity index is 1.13. The van der Waals surface area contributed by atoms with Crippen LogP contribution in [0.25, 0.3) is 16.7 Å². The highest BCUT2D eigenvalue weighted by atomic mass is 32.2. The SMILES string of the molecule is COc1ccc(S(=O)(=O)N(CCO)CCOC2CC(c3c(C)n(C)n(-c4ccccc4)c3=O)C=C(C(=O)N3CCC(n4c(=O)[nH]c5ccccc54)CC3)O2)cc1. The van der Waals surface area contributed by atoms with E-state index >= 15 is 0 Å². The van der Waals surface area contributed by atoms with Gasteiger partial charge in [-0.05, 0) is 74.4 Å². The summed E-state index contributed by atoms with van der Waals surface area (Å²) in [6.07, 6.45) is 1.96. The summed E-state index contributed by atoms with van der Waals surface area (Å²) >= 11 is 0. The smallest absolute Gasteiger partial charge is 0.326 e. The van der Waals surface area contributed by atoms with E-state index in [1.54, 1.807) is 44.1 Å². The Morgan fingerprint density at radius 1 is 0.982 bits per heavy atom. The van der Waals surface area contributed by atoms with Crippen LogP contribution in [0.2, 0.25) is 0 Å². The van der Waals surface area contributed by atoms with Gasteiger partial charge >= 0.3 is 5.69 Å². The second-order valence-electron chi connectivity index (χ2n) is 13.9. The fourth-order valence-electron chi connectivity index (χ4n) is 7.69. The van der Waals surface area contributed by atoms with Crippen LogP contribution in [0.1, 0.15) is 42.5 Å². The van der Waals surface area contributed by atoms with Crippen LogP contribution in [0.4, 0.5) is 0 Å². The Labute approximate surface area is 324 Å². The molecule has 0 saturated carbocycles. The van der Waals surface area contributed by atoms with Crippen LogP contribution in [-0.2, 0) is 31.3 Å². The van der Waals surface area contributed by atoms with Crippen LogP contribution in [0.3, 0.4) is 0 Å². The molecule has 2 atom stereocenters. The van der Waals surface area contributed by atoms with Crippen LogP contribution in [0.15, 0.2) is 105 Å². The third-order valence-electron chi connectivity index (χ3n) is 10.7. The Bertz CT molecular complexity index is 2440. The largest absolute Gasteiger partial charge is 0.497 e. The molecule has 2 unspecified atom stereocenters. The van der Waals surface area contributed by atoms with Crippen LogP contribution in [-0.4, -0.2) is 100 Å². The van der Waals surface area contributed by atoms with E-state index in [-0.39, 0.29) is 60.0 Å². The number of benzene rings is 3. The summed E-state index contributed by atoms with van der Waals surface area (Å²) < 4.78 is 50.9. The van der Waals surface area contributed by atoms with Gasteiger partial charge in [0.2, 0.25) is 16.3 Å². The molecule has 1 amide bonds. The molecule has 5 aromatic rings. The number of allylic oxidation sites excluding steroid dienone is 1. The molecule has 0 aliphatic carbocycles. The van der Waals surface area contributed by atoms with Crippen LogP contribution < -0.4 is 16.0 Å². The molecule has 1 fully saturated rings. The number of methoxy groups -OCH3 is 1. The molecule has 0 spiro atoms. The van der Waals surface area contributed by atoms with Crippen LogP contribution in [0.5, 0.6) is 5.75 Å². The van der Waals surface area contributed by atoms with E-state index in [0.717, 1.165) is 15.3 Å². The Hall–Kier alpha value is -5.42. The first kappa shape index (κ1) is 38.8. The molecule has 1 saturated heterocycles. The lowest BCUT2D eigenvalue weighted by atomic mass is 9.92. The normalized spacial score (nSPS) is 17.9. The van der Waals surface area contributed by atoms with Crippen molar-refractivity contribution in [1.29, 1.82) is 0 Å². The lowest BCUT2D eigenvalue weighted by Gasteiger charge is -2.35. The molecule has 7 rings (SSSR count). The van der Waals surface area contributed by atoms with Crippen molar-refractivity contribution in [2.24, 2.45) is 7.05 Å². The molecule has 2 aromatic heterocycles. The average Bonchev–Trinajstić information content (AvgIpc) is 3.67. The number of likely N-dealkylation sites (tertiary alicyclic amines) is 1. The average molecular weight is 787 g/mol. The summed E-state index contributed by atoms with van der Waals surface area (Å²) in [4.78, 5) is 45.9. The predicted octanol–water partition coefficient (Wildman–Crippen LogP) is 3.41. The van der Waals surface area contributed by atoms with E-state index in [4.69, 9.17) is 14.2 Å². The predicted molar refractivity (Wildman–Crippen MR) is 208 cm³/mol. The van der Waals surface area contributed by atoms with E-state index in [0.29, 0.717) is 48.6 Å². The third kappa shape index (κ3) is 7.56. The molecule has 2 aliphatic heterocycles. The van der Waals surface area contributed by atoms with Gasteiger partial charge in [0.15, 0.2) is 5.76 Å². The number of hydrogen-bond donors (Lipinski definition) is 2. The lowest BCUT2D eigenvalue weighted by Crippen LogP contribution is -2.43. The van der Waals surface area contributed by atoms with Gasteiger partial charge in [-0.25, -0.2) is 17.9 Å². The first-order chi connectivity index (χ1) is 27.0. The Morgan fingerprint density at radius 2 is 1.68 bits per heavy atom. The molecule has 15 nitrogen and oxygen atoms in total. The quantitative estimate of drug-likeness (QED) is 0.182. The summed E-state index contributed by atoms with van der Waals surface area (Å²) in [6.45, 7) is 1.78. The number of nitrogens with one attached hydrogen (secondary N) is 1. The molecule has 56 heavy (non-hydrogen) atoms. The van der Waals surface area contributed by atoms with Gasteiger partial charge in [0.05, 0.1) is 41.9 Å². The number of carbonyl (C=O) groups excluding carboxylic acids is 1. The van der Waals surface area contributed by atoms with Gasteiger partial charge in [-0.15, -0.1) is 0 Å². The molecule has 2 N–H and O–H groups in total. The zero-order valence-electron chi connectivity index (χ0n) is 31.5. The number of para-hydroxylation sites is 3. The summed E-state index contributed by atoms with van der Waals surface area (Å²) in [5, 5.41) is 9.75. The number of sulfonamides is 1. The highest BCUT2D eigenvalue weighted by molar-refractivity contribution is 7.89. The number of hydrogen-bond acceptors (Lipinski definition) is 9. The van der Waals surface area contributed by atoms with Gasteiger partial charge in [0.1, 0.15) is 5.75 Å². The number of nitrogens with zero attached hydrogens (tertiary/aromatic N) is 5. The topological polar surface area (TPSA) is 170 Å². The molecular formula is C40H46N6O9S. The van der Waals surface area contributed by atoms with Crippen LogP contribution >= 0.6 is 0 Å². The highest BCUT2D eigenvalue weighted by Gasteiger charge is 2.36. The second-order valence-corrected chi connectivity index (χ2v) is 15.8. The fourth-order valence-corrected chi connectivity index (χ4v) is 9.11. The minimum atomic E-state index is -4.00. The maximum atomic E-state index is 14.2. The summed E-state index contributed by atoms with van der Waals surface area (Å²) in [6, 6.07) is 22.6. The number of aliphatic hydroxyl groups is 1. The zero-order chi connectivity index (χ0) is 39.6. The Morgan fingerprint density at radius 3 is 2.38 bits per heavy atom. The number of H-pyrrole nitrogens is 1. The monoisotopic (exact) mass is 786 g/mol. The third-order valence-corrected chi connectivity index (χ3v) is 12.6. The van der Waals surface area contributed by atoms with Gasteiger partial charge in [-0.2, -0.15) is 4.31 Å². The summed E-state index contributed by atoms with van der Waals surface area (Å²) in [7, 11) is -0.714. The highest BCUT2D eigenvalue weighted by Crippen LogP contribution is 2.34. The number of aliphatic hydroxyl groups excluding tert-OH is 1. The maximum absolute atomic E-state index is 14.2. The minimum Gasteiger partial charge on any atom is -0.497 e. The number of piperidine rings is 1. The summed E-state index contributed by atoms with van der Waals surface area (Å²) in [5.74, 6) is -0.410. The van der Waals surface area contributed by atoms with Gasteiger partial charge < -0.3 is 29.2 Å². The number of rotatable bonds is 13. The van der Waals surface area contributed by atoms with Crippen molar-refractivity contribution in [2.75, 3.05) is 46.5 Å². The second kappa shape index (κ2) is 16.4. The molecule has 16 heteroatoms. The van der Waals surface area contributed by atoms with Crippen molar-refractivity contribution in [1.82, 2.24) is 28.1 Å². The van der Waals surface area contributed by atoms with Crippen molar-refractivity contribution >= 4 is 27.0 Å². The van der Waals surface area contributed by atoms with Gasteiger partial charge in [-0.1, -0.05) is 30.3 Å². The molecule has 296 valence electrons. The van der Waals surface area contributed by atoms with Crippen molar-refractivity contribution < 1.29 is 32.5 Å². The maximum Gasteiger partial charge on any atom is 0.326 e. The van der Waals surface area contributed by atoms with Crippen LogP contribution in [0, 0.1) is 6.92 Å².